The Balaban J connectivity index is 3.63. The van der Waals surface area contributed by atoms with Crippen LogP contribution in [0.5, 0.6) is 0 Å². The van der Waals surface area contributed by atoms with Gasteiger partial charge >= 0.3 is 18.1 Å². The predicted molar refractivity (Wildman–Crippen MR) is 85.0 cm³/mol. The summed E-state index contributed by atoms with van der Waals surface area (Å²) in [5, 5.41) is 5.11. The van der Waals surface area contributed by atoms with Gasteiger partial charge in [0.1, 0.15) is 13.2 Å². The molecule has 22 heavy (non-hydrogen) atoms. The molecule has 0 aliphatic carbocycles. The Morgan fingerprint density at radius 2 is 1.91 bits per heavy atom. The van der Waals surface area contributed by atoms with E-state index in [2.05, 4.69) is 34.6 Å². The molecule has 0 saturated carbocycles. The molecule has 9 heteroatoms. The van der Waals surface area contributed by atoms with Crippen LogP contribution in [0, 0.1) is 0 Å². The Labute approximate surface area is 135 Å². The zero-order valence-corrected chi connectivity index (χ0v) is 13.6. The van der Waals surface area contributed by atoms with Gasteiger partial charge in [-0.15, -0.1) is 0 Å². The molecule has 126 valence electrons. The molecule has 0 saturated heterocycles. The van der Waals surface area contributed by atoms with E-state index in [1.807, 2.05) is 0 Å². The van der Waals surface area contributed by atoms with Crippen molar-refractivity contribution in [3.8, 4) is 0 Å². The molecule has 0 aliphatic rings. The maximum atomic E-state index is 11.6. The van der Waals surface area contributed by atoms with Gasteiger partial charge in [0.05, 0.1) is 13.1 Å². The minimum atomic E-state index is -0.640. The molecule has 0 aliphatic heterocycles. The van der Waals surface area contributed by atoms with E-state index in [4.69, 9.17) is 4.74 Å². The molecule has 0 radical (unpaired) electrons. The summed E-state index contributed by atoms with van der Waals surface area (Å²) in [5.74, 6) is 0.149. The van der Waals surface area contributed by atoms with Gasteiger partial charge in [0.2, 0.25) is 0 Å². The number of ether oxygens (including phenoxy) is 2. The first-order chi connectivity index (χ1) is 10.5. The van der Waals surface area contributed by atoms with E-state index in [-0.39, 0.29) is 32.3 Å². The van der Waals surface area contributed by atoms with E-state index in [0.29, 0.717) is 12.3 Å². The number of carbonyl (C=O) groups excluding carboxylic acids is 3. The lowest BCUT2D eigenvalue weighted by molar-refractivity contribution is -0.137. The lowest BCUT2D eigenvalue weighted by Gasteiger charge is -2.17. The van der Waals surface area contributed by atoms with E-state index < -0.39 is 12.1 Å². The highest BCUT2D eigenvalue weighted by molar-refractivity contribution is 7.80. The Morgan fingerprint density at radius 3 is 2.55 bits per heavy atom. The number of esters is 1. The van der Waals surface area contributed by atoms with Crippen LogP contribution in [0.2, 0.25) is 0 Å². The highest BCUT2D eigenvalue weighted by atomic mass is 32.1. The molecule has 2 N–H and O–H groups in total. The number of nitrogens with zero attached hydrogens (tertiary/aromatic N) is 1. The summed E-state index contributed by atoms with van der Waals surface area (Å²) >= 11 is 4.04. The lowest BCUT2D eigenvalue weighted by Crippen LogP contribution is -2.40. The Kier molecular flexibility index (Phi) is 11.7. The van der Waals surface area contributed by atoms with E-state index in [1.54, 1.807) is 7.05 Å². The van der Waals surface area contributed by atoms with Gasteiger partial charge in [0.15, 0.2) is 0 Å². The van der Waals surface area contributed by atoms with E-state index >= 15 is 0 Å². The van der Waals surface area contributed by atoms with E-state index in [1.165, 1.54) is 4.90 Å². The smallest absolute Gasteiger partial charge is 0.407 e. The molecule has 0 rings (SSSR count). The fourth-order valence-electron chi connectivity index (χ4n) is 1.20. The topological polar surface area (TPSA) is 97.0 Å². The van der Waals surface area contributed by atoms with Gasteiger partial charge < -0.3 is 25.0 Å². The van der Waals surface area contributed by atoms with Crippen molar-refractivity contribution >= 4 is 30.7 Å². The summed E-state index contributed by atoms with van der Waals surface area (Å²) in [6.07, 6.45) is 1.19. The summed E-state index contributed by atoms with van der Waals surface area (Å²) in [6, 6.07) is -0.234. The summed E-state index contributed by atoms with van der Waals surface area (Å²) in [7, 11) is 1.60. The van der Waals surface area contributed by atoms with Crippen molar-refractivity contribution in [2.24, 2.45) is 0 Å². The van der Waals surface area contributed by atoms with Crippen molar-refractivity contribution in [2.45, 2.75) is 6.42 Å². The molecule has 0 unspecified atom stereocenters. The normalized spacial score (nSPS) is 9.55. The molecule has 0 heterocycles. The van der Waals surface area contributed by atoms with Gasteiger partial charge in [-0.25, -0.2) is 14.4 Å². The Morgan fingerprint density at radius 1 is 1.18 bits per heavy atom. The van der Waals surface area contributed by atoms with E-state index in [0.717, 1.165) is 12.5 Å². The molecule has 0 bridgehead atoms. The standard InChI is InChI=1S/C13H23N3O5S/c1-3-11(17)20-8-6-15-13(19)21-9-7-16(2)12(18)14-5-4-10-22/h3,22H,1,4-10H2,2H3,(H,14,18)(H,15,19). The molecule has 0 aromatic rings. The maximum absolute atomic E-state index is 11.6. The van der Waals surface area contributed by atoms with Crippen molar-refractivity contribution in [3.63, 3.8) is 0 Å². The van der Waals surface area contributed by atoms with Crippen LogP contribution < -0.4 is 10.6 Å². The number of alkyl carbamates (subject to hydrolysis) is 1. The number of hydrogen-bond acceptors (Lipinski definition) is 6. The van der Waals surface area contributed by atoms with Crippen LogP contribution in [0.3, 0.4) is 0 Å². The van der Waals surface area contributed by atoms with Gasteiger partial charge in [0.25, 0.3) is 0 Å². The highest BCUT2D eigenvalue weighted by Crippen LogP contribution is 1.88. The van der Waals surface area contributed by atoms with Crippen molar-refractivity contribution in [1.29, 1.82) is 0 Å². The third-order valence-electron chi connectivity index (χ3n) is 2.40. The number of likely N-dealkylation sites (N-methyl/N-ethyl adjacent to an activating group) is 1. The quantitative estimate of drug-likeness (QED) is 0.233. The third-order valence-corrected chi connectivity index (χ3v) is 2.72. The lowest BCUT2D eigenvalue weighted by atomic mass is 10.5. The molecule has 0 spiro atoms. The van der Waals surface area contributed by atoms with Gasteiger partial charge in [-0.05, 0) is 12.2 Å². The zero-order valence-electron chi connectivity index (χ0n) is 12.7. The second kappa shape index (κ2) is 12.8. The van der Waals surface area contributed by atoms with Crippen LogP contribution >= 0.6 is 12.6 Å². The fraction of sp³-hybridized carbons (Fsp3) is 0.615. The van der Waals surface area contributed by atoms with Gasteiger partial charge in [0, 0.05) is 19.7 Å². The second-order valence-corrected chi connectivity index (χ2v) is 4.61. The number of carbonyl (C=O) groups is 3. The first kappa shape index (κ1) is 20.1. The Bertz CT molecular complexity index is 379. The molecule has 0 atom stereocenters. The molecular weight excluding hydrogens is 310 g/mol. The molecule has 0 fully saturated rings. The average Bonchev–Trinajstić information content (AvgIpc) is 2.51. The van der Waals surface area contributed by atoms with Gasteiger partial charge in [-0.1, -0.05) is 6.58 Å². The maximum Gasteiger partial charge on any atom is 0.407 e. The SMILES string of the molecule is C=CC(=O)OCCNC(=O)OCCN(C)C(=O)NCCCS. The monoisotopic (exact) mass is 333 g/mol. The van der Waals surface area contributed by atoms with Crippen molar-refractivity contribution in [1.82, 2.24) is 15.5 Å². The number of hydrogen-bond donors (Lipinski definition) is 3. The Hall–Kier alpha value is -1.90. The second-order valence-electron chi connectivity index (χ2n) is 4.16. The average molecular weight is 333 g/mol. The number of amides is 3. The zero-order chi connectivity index (χ0) is 16.8. The first-order valence-electron chi connectivity index (χ1n) is 6.81. The predicted octanol–water partition coefficient (Wildman–Crippen LogP) is 0.403. The number of rotatable bonds is 10. The minimum Gasteiger partial charge on any atom is -0.461 e. The summed E-state index contributed by atoms with van der Waals surface area (Å²) in [5.41, 5.74) is 0. The van der Waals surface area contributed by atoms with Crippen molar-refractivity contribution < 1.29 is 23.9 Å². The van der Waals surface area contributed by atoms with E-state index in [9.17, 15) is 14.4 Å². The van der Waals surface area contributed by atoms with Gasteiger partial charge in [-0.3, -0.25) is 0 Å². The summed E-state index contributed by atoms with van der Waals surface area (Å²) in [4.78, 5) is 35.0. The van der Waals surface area contributed by atoms with Crippen LogP contribution in [-0.4, -0.2) is 68.6 Å². The number of urea groups is 1. The minimum absolute atomic E-state index is 0.0351. The van der Waals surface area contributed by atoms with Crippen molar-refractivity contribution in [3.05, 3.63) is 12.7 Å². The van der Waals surface area contributed by atoms with Crippen LogP contribution in [0.4, 0.5) is 9.59 Å². The van der Waals surface area contributed by atoms with Crippen LogP contribution in [0.15, 0.2) is 12.7 Å². The van der Waals surface area contributed by atoms with Gasteiger partial charge in [-0.2, -0.15) is 12.6 Å². The molecule has 8 nitrogen and oxygen atoms in total. The van der Waals surface area contributed by atoms with Crippen molar-refractivity contribution in [2.75, 3.05) is 45.6 Å². The number of nitrogens with one attached hydrogen (secondary N) is 2. The summed E-state index contributed by atoms with van der Waals surface area (Å²) < 4.78 is 9.55. The highest BCUT2D eigenvalue weighted by Gasteiger charge is 2.08. The molecule has 3 amide bonds. The first-order valence-corrected chi connectivity index (χ1v) is 7.44. The fourth-order valence-corrected chi connectivity index (χ4v) is 1.36. The molecule has 0 aromatic heterocycles. The summed E-state index contributed by atoms with van der Waals surface area (Å²) in [6.45, 7) is 4.30. The third kappa shape index (κ3) is 10.8. The van der Waals surface area contributed by atoms with Crippen LogP contribution in [-0.2, 0) is 14.3 Å². The van der Waals surface area contributed by atoms with Crippen LogP contribution in [0.1, 0.15) is 6.42 Å². The number of thiol groups is 1. The van der Waals surface area contributed by atoms with Crippen LogP contribution in [0.25, 0.3) is 0 Å². The molecular formula is C13H23N3O5S. The largest absolute Gasteiger partial charge is 0.461 e. The molecule has 0 aromatic carbocycles.